The van der Waals surface area contributed by atoms with Crippen molar-refractivity contribution in [2.45, 2.75) is 56.6 Å². The molecule has 0 N–H and O–H groups in total. The number of carbonyl (C=O) groups is 2. The van der Waals surface area contributed by atoms with Gasteiger partial charge in [-0.05, 0) is 52.0 Å². The number of benzene rings is 1. The van der Waals surface area contributed by atoms with Crippen LogP contribution in [0, 0.1) is 0 Å². The van der Waals surface area contributed by atoms with Crippen molar-refractivity contribution < 1.29 is 14.3 Å². The quantitative estimate of drug-likeness (QED) is 0.605. The van der Waals surface area contributed by atoms with Crippen LogP contribution in [0.2, 0.25) is 0 Å². The minimum absolute atomic E-state index is 0.0578. The molecule has 0 aliphatic carbocycles. The summed E-state index contributed by atoms with van der Waals surface area (Å²) in [7, 11) is 0. The van der Waals surface area contributed by atoms with Crippen LogP contribution in [0.15, 0.2) is 29.2 Å². The largest absolute Gasteiger partial charge is 0.444 e. The lowest BCUT2D eigenvalue weighted by Gasteiger charge is -2.28. The molecule has 1 saturated heterocycles. The fraction of sp³-hybridized carbons (Fsp3) is 0.556. The molecule has 0 radical (unpaired) electrons. The lowest BCUT2D eigenvalue weighted by Crippen LogP contribution is -2.40. The number of nitrogens with zero attached hydrogens (tertiary/aromatic N) is 1. The summed E-state index contributed by atoms with van der Waals surface area (Å²) in [5, 5.41) is 0. The zero-order valence-electron chi connectivity index (χ0n) is 14.3. The summed E-state index contributed by atoms with van der Waals surface area (Å²) >= 11 is 1.65. The fourth-order valence-corrected chi connectivity index (χ4v) is 3.13. The van der Waals surface area contributed by atoms with E-state index in [1.165, 1.54) is 0 Å². The van der Waals surface area contributed by atoms with E-state index in [1.54, 1.807) is 16.7 Å². The average molecular weight is 335 g/mol. The maximum atomic E-state index is 12.5. The molecule has 1 aromatic rings. The zero-order chi connectivity index (χ0) is 17.0. The summed E-state index contributed by atoms with van der Waals surface area (Å²) in [6.07, 6.45) is 3.83. The second kappa shape index (κ2) is 7.39. The SMILES string of the molecule is CSc1ccc(C(=O)CC2CCCN2C(=O)OC(C)(C)C)cc1. The molecule has 1 heterocycles. The number of ketones is 1. The van der Waals surface area contributed by atoms with Crippen molar-refractivity contribution in [2.75, 3.05) is 12.8 Å². The van der Waals surface area contributed by atoms with Crippen LogP contribution in [0.25, 0.3) is 0 Å². The molecule has 1 unspecified atom stereocenters. The van der Waals surface area contributed by atoms with Crippen molar-refractivity contribution in [3.63, 3.8) is 0 Å². The highest BCUT2D eigenvalue weighted by Crippen LogP contribution is 2.25. The number of Topliss-reactive ketones (excluding diaryl/α,β-unsaturated/α-hetero) is 1. The number of ether oxygens (including phenoxy) is 1. The molecule has 1 fully saturated rings. The van der Waals surface area contributed by atoms with Crippen LogP contribution in [0.4, 0.5) is 4.79 Å². The van der Waals surface area contributed by atoms with Crippen LogP contribution >= 0.6 is 11.8 Å². The molecule has 4 nitrogen and oxygen atoms in total. The molecular weight excluding hydrogens is 310 g/mol. The van der Waals surface area contributed by atoms with Gasteiger partial charge in [-0.25, -0.2) is 4.79 Å². The highest BCUT2D eigenvalue weighted by molar-refractivity contribution is 7.98. The number of carbonyl (C=O) groups excluding carboxylic acids is 2. The van der Waals surface area contributed by atoms with Crippen LogP contribution < -0.4 is 0 Å². The highest BCUT2D eigenvalue weighted by Gasteiger charge is 2.33. The molecule has 1 aliphatic heterocycles. The Morgan fingerprint density at radius 1 is 1.26 bits per heavy atom. The average Bonchev–Trinajstić information content (AvgIpc) is 2.94. The van der Waals surface area contributed by atoms with Gasteiger partial charge in [0.15, 0.2) is 5.78 Å². The molecule has 1 aliphatic rings. The lowest BCUT2D eigenvalue weighted by molar-refractivity contribution is 0.0223. The second-order valence-electron chi connectivity index (χ2n) is 6.83. The third-order valence-electron chi connectivity index (χ3n) is 3.84. The number of likely N-dealkylation sites (tertiary alicyclic amines) is 1. The van der Waals surface area contributed by atoms with Gasteiger partial charge in [-0.2, -0.15) is 0 Å². The summed E-state index contributed by atoms with van der Waals surface area (Å²) in [5.41, 5.74) is 0.195. The Bertz CT molecular complexity index is 563. The number of hydrogen-bond acceptors (Lipinski definition) is 4. The molecule has 0 aromatic heterocycles. The van der Waals surface area contributed by atoms with Crippen molar-refractivity contribution in [3.8, 4) is 0 Å². The first-order valence-electron chi connectivity index (χ1n) is 7.97. The summed E-state index contributed by atoms with van der Waals surface area (Å²) in [4.78, 5) is 27.6. The molecule has 1 aromatic carbocycles. The maximum Gasteiger partial charge on any atom is 0.410 e. The predicted octanol–water partition coefficient (Wildman–Crippen LogP) is 4.38. The van der Waals surface area contributed by atoms with Gasteiger partial charge in [0.2, 0.25) is 0 Å². The van der Waals surface area contributed by atoms with Gasteiger partial charge in [-0.15, -0.1) is 11.8 Å². The summed E-state index contributed by atoms with van der Waals surface area (Å²) in [6.45, 7) is 6.23. The van der Waals surface area contributed by atoms with E-state index in [0.717, 1.165) is 17.7 Å². The van der Waals surface area contributed by atoms with E-state index >= 15 is 0 Å². The third kappa shape index (κ3) is 4.99. The first kappa shape index (κ1) is 17.9. The summed E-state index contributed by atoms with van der Waals surface area (Å²) in [5.74, 6) is 0.0816. The Morgan fingerprint density at radius 3 is 2.48 bits per heavy atom. The van der Waals surface area contributed by atoms with Crippen LogP contribution in [0.3, 0.4) is 0 Å². The topological polar surface area (TPSA) is 46.6 Å². The van der Waals surface area contributed by atoms with Crippen LogP contribution in [-0.4, -0.2) is 41.2 Å². The van der Waals surface area contributed by atoms with Crippen LogP contribution in [0.1, 0.15) is 50.4 Å². The normalized spacial score (nSPS) is 18.1. The highest BCUT2D eigenvalue weighted by atomic mass is 32.2. The smallest absolute Gasteiger partial charge is 0.410 e. The summed E-state index contributed by atoms with van der Waals surface area (Å²) < 4.78 is 5.44. The van der Waals surface area contributed by atoms with Gasteiger partial charge in [0.25, 0.3) is 0 Å². The zero-order valence-corrected chi connectivity index (χ0v) is 15.1. The summed E-state index contributed by atoms with van der Waals surface area (Å²) in [6, 6.07) is 7.58. The minimum Gasteiger partial charge on any atom is -0.444 e. The van der Waals surface area contributed by atoms with E-state index in [1.807, 2.05) is 51.3 Å². The molecule has 1 amide bonds. The van der Waals surface area contributed by atoms with Gasteiger partial charge in [-0.3, -0.25) is 4.79 Å². The van der Waals surface area contributed by atoms with E-state index in [0.29, 0.717) is 18.5 Å². The van der Waals surface area contributed by atoms with Crippen molar-refractivity contribution >= 4 is 23.6 Å². The van der Waals surface area contributed by atoms with Gasteiger partial charge < -0.3 is 9.64 Å². The Kier molecular flexibility index (Phi) is 5.74. The maximum absolute atomic E-state index is 12.5. The number of hydrogen-bond donors (Lipinski definition) is 0. The molecule has 0 spiro atoms. The molecule has 23 heavy (non-hydrogen) atoms. The Balaban J connectivity index is 2.00. The Labute approximate surface area is 142 Å². The van der Waals surface area contributed by atoms with E-state index in [9.17, 15) is 9.59 Å². The van der Waals surface area contributed by atoms with Gasteiger partial charge in [0.05, 0.1) is 0 Å². The standard InChI is InChI=1S/C18H25NO3S/c1-18(2,3)22-17(21)19-11-5-6-14(19)12-16(20)13-7-9-15(23-4)10-8-13/h7-10,14H,5-6,11-12H2,1-4H3. The van der Waals surface area contributed by atoms with Crippen LogP contribution in [0.5, 0.6) is 0 Å². The van der Waals surface area contributed by atoms with Crippen LogP contribution in [-0.2, 0) is 4.74 Å². The van der Waals surface area contributed by atoms with E-state index in [4.69, 9.17) is 4.74 Å². The monoisotopic (exact) mass is 335 g/mol. The van der Waals surface area contributed by atoms with Crippen molar-refractivity contribution in [3.05, 3.63) is 29.8 Å². The minimum atomic E-state index is -0.512. The van der Waals surface area contributed by atoms with Gasteiger partial charge in [-0.1, -0.05) is 12.1 Å². The third-order valence-corrected chi connectivity index (χ3v) is 4.58. The molecule has 126 valence electrons. The fourth-order valence-electron chi connectivity index (χ4n) is 2.72. The molecule has 5 heteroatoms. The Morgan fingerprint density at radius 2 is 1.91 bits per heavy atom. The van der Waals surface area contributed by atoms with Crippen molar-refractivity contribution in [1.29, 1.82) is 0 Å². The van der Waals surface area contributed by atoms with Gasteiger partial charge in [0, 0.05) is 29.5 Å². The second-order valence-corrected chi connectivity index (χ2v) is 7.71. The number of amides is 1. The molecule has 1 atom stereocenters. The first-order chi connectivity index (χ1) is 10.8. The molecular formula is C18H25NO3S. The van der Waals surface area contributed by atoms with E-state index in [2.05, 4.69) is 0 Å². The van der Waals surface area contributed by atoms with E-state index in [-0.39, 0.29) is 17.9 Å². The number of rotatable bonds is 4. The van der Waals surface area contributed by atoms with Gasteiger partial charge in [0.1, 0.15) is 5.60 Å². The molecule has 0 saturated carbocycles. The predicted molar refractivity (Wildman–Crippen MR) is 93.1 cm³/mol. The lowest BCUT2D eigenvalue weighted by atomic mass is 10.0. The molecule has 0 bridgehead atoms. The van der Waals surface area contributed by atoms with Crippen molar-refractivity contribution in [1.82, 2.24) is 4.90 Å². The number of thioether (sulfide) groups is 1. The van der Waals surface area contributed by atoms with E-state index < -0.39 is 5.60 Å². The first-order valence-corrected chi connectivity index (χ1v) is 9.19. The van der Waals surface area contributed by atoms with Crippen molar-refractivity contribution in [2.24, 2.45) is 0 Å². The Hall–Kier alpha value is -1.49. The van der Waals surface area contributed by atoms with Gasteiger partial charge >= 0.3 is 6.09 Å². The molecule has 2 rings (SSSR count).